The third-order valence-electron chi connectivity index (χ3n) is 3.58. The van der Waals surface area contributed by atoms with Gasteiger partial charge in [0.2, 0.25) is 0 Å². The van der Waals surface area contributed by atoms with Crippen LogP contribution in [0, 0.1) is 0 Å². The van der Waals surface area contributed by atoms with Gasteiger partial charge < -0.3 is 14.2 Å². The van der Waals surface area contributed by atoms with Crippen molar-refractivity contribution >= 4 is 20.2 Å². The molecule has 144 valence electrons. The highest BCUT2D eigenvalue weighted by atomic mass is 32.2. The molecule has 0 bridgehead atoms. The van der Waals surface area contributed by atoms with Crippen LogP contribution in [0.15, 0.2) is 5.11 Å². The third-order valence-corrected chi connectivity index (χ3v) is 4.69. The summed E-state index contributed by atoms with van der Waals surface area (Å²) in [6, 6.07) is 0. The molecule has 4 atom stereocenters. The van der Waals surface area contributed by atoms with Crippen molar-refractivity contribution in [2.75, 3.05) is 25.7 Å². The summed E-state index contributed by atoms with van der Waals surface area (Å²) in [5.41, 5.74) is 7.25. The van der Waals surface area contributed by atoms with E-state index in [1.807, 2.05) is 0 Å². The molecule has 2 fully saturated rings. The van der Waals surface area contributed by atoms with E-state index in [1.165, 1.54) is 0 Å². The van der Waals surface area contributed by atoms with E-state index in [2.05, 4.69) is 10.0 Å². The van der Waals surface area contributed by atoms with Crippen LogP contribution in [0.2, 0.25) is 0 Å². The van der Waals surface area contributed by atoms with Crippen molar-refractivity contribution in [1.29, 1.82) is 0 Å². The number of hydrogen-bond donors (Lipinski definition) is 0. The van der Waals surface area contributed by atoms with Gasteiger partial charge in [-0.2, -0.15) is 16.8 Å². The second-order valence-corrected chi connectivity index (χ2v) is 9.47. The van der Waals surface area contributed by atoms with E-state index in [1.54, 1.807) is 13.8 Å². The molecule has 0 amide bonds. The van der Waals surface area contributed by atoms with E-state index in [-0.39, 0.29) is 0 Å². The van der Waals surface area contributed by atoms with Gasteiger partial charge in [-0.25, -0.2) is 0 Å². The molecule has 14 heteroatoms. The lowest BCUT2D eigenvalue weighted by Crippen LogP contribution is -2.52. The maximum atomic E-state index is 11.4. The number of ether oxygens (including phenoxy) is 3. The van der Waals surface area contributed by atoms with Gasteiger partial charge in [-0.3, -0.25) is 8.37 Å². The van der Waals surface area contributed by atoms with Crippen LogP contribution in [0.5, 0.6) is 0 Å². The van der Waals surface area contributed by atoms with Gasteiger partial charge in [0.1, 0.15) is 17.7 Å². The lowest BCUT2D eigenvalue weighted by Gasteiger charge is -2.33. The molecule has 25 heavy (non-hydrogen) atoms. The molecule has 0 saturated carbocycles. The smallest absolute Gasteiger partial charge is 0.264 e. The number of rotatable bonds is 7. The van der Waals surface area contributed by atoms with Crippen molar-refractivity contribution in [2.45, 2.75) is 43.7 Å². The first-order chi connectivity index (χ1) is 11.3. The molecule has 12 nitrogen and oxygen atoms in total. The Kier molecular flexibility index (Phi) is 5.39. The molecular formula is C11H19N3O9S2. The summed E-state index contributed by atoms with van der Waals surface area (Å²) in [6.07, 6.45) is -1.56. The lowest BCUT2D eigenvalue weighted by atomic mass is 9.90. The number of nitrogens with zero attached hydrogens (tertiary/aromatic N) is 3. The molecule has 2 rings (SSSR count). The zero-order valence-corrected chi connectivity index (χ0v) is 15.6. The molecule has 0 N–H and O–H groups in total. The molecule has 2 heterocycles. The first-order valence-electron chi connectivity index (χ1n) is 7.04. The van der Waals surface area contributed by atoms with Crippen LogP contribution < -0.4 is 0 Å². The lowest BCUT2D eigenvalue weighted by molar-refractivity contribution is -0.215. The van der Waals surface area contributed by atoms with Gasteiger partial charge in [-0.1, -0.05) is 5.11 Å². The van der Waals surface area contributed by atoms with E-state index in [9.17, 15) is 16.8 Å². The summed E-state index contributed by atoms with van der Waals surface area (Å²) in [7, 11) is -7.71. The van der Waals surface area contributed by atoms with E-state index in [4.69, 9.17) is 28.1 Å². The maximum absolute atomic E-state index is 11.4. The second kappa shape index (κ2) is 6.63. The van der Waals surface area contributed by atoms with E-state index >= 15 is 0 Å². The number of fused-ring (bicyclic) bond motifs is 1. The third kappa shape index (κ3) is 4.80. The first-order valence-corrected chi connectivity index (χ1v) is 10.7. The van der Waals surface area contributed by atoms with Crippen molar-refractivity contribution in [1.82, 2.24) is 0 Å². The zero-order chi connectivity index (χ0) is 19.1. The van der Waals surface area contributed by atoms with Gasteiger partial charge in [-0.05, 0) is 19.4 Å². The van der Waals surface area contributed by atoms with Gasteiger partial charge in [0.25, 0.3) is 20.2 Å². The van der Waals surface area contributed by atoms with Crippen molar-refractivity contribution in [3.8, 4) is 0 Å². The highest BCUT2D eigenvalue weighted by molar-refractivity contribution is 7.86. The largest absolute Gasteiger partial charge is 0.343 e. The molecule has 0 unspecified atom stereocenters. The van der Waals surface area contributed by atoms with E-state index < -0.39 is 63.3 Å². The predicted molar refractivity (Wildman–Crippen MR) is 82.2 cm³/mol. The molecule has 2 aliphatic rings. The molecule has 2 aliphatic heterocycles. The van der Waals surface area contributed by atoms with Crippen molar-refractivity contribution in [2.24, 2.45) is 5.11 Å². The molecule has 0 spiro atoms. The molecule has 0 aromatic heterocycles. The van der Waals surface area contributed by atoms with Gasteiger partial charge in [0, 0.05) is 4.91 Å². The maximum Gasteiger partial charge on any atom is 0.264 e. The standard InChI is InChI=1S/C11H19N3O9S2/c1-10(2)22-8-9(23-10)21-7(5-19-24(3,15)16)11(8,13-14-12)6-20-25(4,17)18/h7-9H,5-6H2,1-4H3/t7-,8-,9+,11-/m1/s1. The topological polar surface area (TPSA) is 163 Å². The Balaban J connectivity index is 2.38. The highest BCUT2D eigenvalue weighted by Crippen LogP contribution is 2.45. The molecule has 0 aromatic carbocycles. The minimum atomic E-state index is -3.89. The van der Waals surface area contributed by atoms with Crippen molar-refractivity contribution in [3.05, 3.63) is 10.4 Å². The minimum absolute atomic E-state index is 0.537. The van der Waals surface area contributed by atoms with Crippen LogP contribution in [0.25, 0.3) is 10.4 Å². The number of hydrogen-bond acceptors (Lipinski definition) is 10. The molecular weight excluding hydrogens is 382 g/mol. The first kappa shape index (κ1) is 20.3. The quantitative estimate of drug-likeness (QED) is 0.244. The Bertz CT molecular complexity index is 775. The van der Waals surface area contributed by atoms with Gasteiger partial charge in [0.05, 0.1) is 25.7 Å². The van der Waals surface area contributed by atoms with Crippen LogP contribution in [-0.2, 0) is 42.8 Å². The van der Waals surface area contributed by atoms with Crippen LogP contribution in [0.3, 0.4) is 0 Å². The molecule has 0 radical (unpaired) electrons. The van der Waals surface area contributed by atoms with Gasteiger partial charge >= 0.3 is 0 Å². The molecule has 0 aromatic rings. The van der Waals surface area contributed by atoms with Gasteiger partial charge in [0.15, 0.2) is 12.1 Å². The Morgan fingerprint density at radius 1 is 1.12 bits per heavy atom. The Morgan fingerprint density at radius 2 is 1.72 bits per heavy atom. The van der Waals surface area contributed by atoms with Crippen LogP contribution >= 0.6 is 0 Å². The van der Waals surface area contributed by atoms with E-state index in [0.717, 1.165) is 12.5 Å². The van der Waals surface area contributed by atoms with Gasteiger partial charge in [-0.15, -0.1) is 0 Å². The summed E-state index contributed by atoms with van der Waals surface area (Å²) in [6.45, 7) is 2.02. The average Bonchev–Trinajstić information content (AvgIpc) is 2.85. The fourth-order valence-electron chi connectivity index (χ4n) is 2.61. The van der Waals surface area contributed by atoms with Crippen LogP contribution in [-0.4, -0.2) is 72.4 Å². The summed E-state index contributed by atoms with van der Waals surface area (Å²) in [5, 5.41) is 3.63. The highest BCUT2D eigenvalue weighted by Gasteiger charge is 2.64. The van der Waals surface area contributed by atoms with Crippen molar-refractivity contribution < 1.29 is 39.4 Å². The summed E-state index contributed by atoms with van der Waals surface area (Å²) >= 11 is 0. The number of azide groups is 1. The summed E-state index contributed by atoms with van der Waals surface area (Å²) in [4.78, 5) is 2.72. The molecule has 2 saturated heterocycles. The monoisotopic (exact) mass is 401 g/mol. The fraction of sp³-hybridized carbons (Fsp3) is 1.00. The Morgan fingerprint density at radius 3 is 2.24 bits per heavy atom. The minimum Gasteiger partial charge on any atom is -0.343 e. The van der Waals surface area contributed by atoms with Crippen LogP contribution in [0.4, 0.5) is 0 Å². The summed E-state index contributed by atoms with van der Waals surface area (Å²) < 4.78 is 71.6. The van der Waals surface area contributed by atoms with Crippen LogP contribution in [0.1, 0.15) is 13.8 Å². The fourth-order valence-corrected chi connectivity index (χ4v) is 3.38. The SMILES string of the molecule is CC1(C)O[C@@H]2O[C@H](COS(C)(=O)=O)[C@@](COS(C)(=O)=O)(N=[N+]=[N-])[C@@H]2O1. The second-order valence-electron chi connectivity index (χ2n) is 6.18. The van der Waals surface area contributed by atoms with E-state index in [0.29, 0.717) is 0 Å². The normalized spacial score (nSPS) is 34.5. The van der Waals surface area contributed by atoms with Crippen molar-refractivity contribution in [3.63, 3.8) is 0 Å². The Hall–Kier alpha value is -0.990. The predicted octanol–water partition coefficient (Wildman–Crippen LogP) is -0.136. The summed E-state index contributed by atoms with van der Waals surface area (Å²) in [5.74, 6) is -1.08. The Labute approximate surface area is 145 Å². The average molecular weight is 401 g/mol. The molecule has 0 aliphatic carbocycles. The zero-order valence-electron chi connectivity index (χ0n) is 14.0.